The van der Waals surface area contributed by atoms with E-state index in [1.165, 1.54) is 0 Å². The van der Waals surface area contributed by atoms with E-state index in [-0.39, 0.29) is 0 Å². The summed E-state index contributed by atoms with van der Waals surface area (Å²) in [5.74, 6) is 6.08. The topological polar surface area (TPSA) is 60.2 Å². The van der Waals surface area contributed by atoms with Gasteiger partial charge in [-0.25, -0.2) is 0 Å². The number of nitrogen functional groups attached to an aromatic ring is 1. The predicted molar refractivity (Wildman–Crippen MR) is 85.9 cm³/mol. The van der Waals surface area contributed by atoms with E-state index in [0.29, 0.717) is 6.61 Å². The van der Waals surface area contributed by atoms with Gasteiger partial charge < -0.3 is 10.2 Å². The third kappa shape index (κ3) is 3.92. The van der Waals surface area contributed by atoms with Crippen LogP contribution in [0.3, 0.4) is 0 Å². The highest BCUT2D eigenvalue weighted by molar-refractivity contribution is 9.11. The van der Waals surface area contributed by atoms with E-state index in [9.17, 15) is 0 Å². The normalized spacial score (nSPS) is 10.3. The maximum atomic E-state index is 5.76. The Bertz CT molecular complexity index is 569. The van der Waals surface area contributed by atoms with Gasteiger partial charge in [-0.2, -0.15) is 0 Å². The number of hydrazine groups is 1. The Hall–Kier alpha value is -0.630. The Morgan fingerprint density at radius 1 is 1.16 bits per heavy atom. The zero-order valence-corrected chi connectivity index (χ0v) is 14.4. The molecule has 0 aliphatic heterocycles. The molecule has 0 aliphatic carbocycles. The summed E-state index contributed by atoms with van der Waals surface area (Å²) in [4.78, 5) is 4.22. The molecule has 2 aromatic rings. The lowest BCUT2D eigenvalue weighted by Gasteiger charge is -2.11. The molecule has 1 heterocycles. The van der Waals surface area contributed by atoms with Gasteiger partial charge in [0.1, 0.15) is 12.4 Å². The van der Waals surface area contributed by atoms with Crippen molar-refractivity contribution in [1.29, 1.82) is 0 Å². The highest BCUT2D eigenvalue weighted by Crippen LogP contribution is 2.36. The Kier molecular flexibility index (Phi) is 5.20. The molecule has 0 spiro atoms. The molecule has 0 saturated carbocycles. The van der Waals surface area contributed by atoms with E-state index in [0.717, 1.165) is 30.5 Å². The monoisotopic (exact) mass is 449 g/mol. The smallest absolute Gasteiger partial charge is 0.148 e. The SMILES string of the molecule is NNc1ccnc(COc2c(Br)cc(Br)cc2Br)c1. The summed E-state index contributed by atoms with van der Waals surface area (Å²) in [7, 11) is 0. The molecule has 0 unspecified atom stereocenters. The van der Waals surface area contributed by atoms with E-state index in [1.54, 1.807) is 12.3 Å². The van der Waals surface area contributed by atoms with Crippen LogP contribution < -0.4 is 16.0 Å². The average molecular weight is 452 g/mol. The van der Waals surface area contributed by atoms with Gasteiger partial charge in [-0.15, -0.1) is 0 Å². The molecule has 3 N–H and O–H groups in total. The van der Waals surface area contributed by atoms with Crippen LogP contribution in [-0.2, 0) is 6.61 Å². The molecule has 19 heavy (non-hydrogen) atoms. The summed E-state index contributed by atoms with van der Waals surface area (Å²) in [6.07, 6.45) is 1.68. The van der Waals surface area contributed by atoms with Gasteiger partial charge in [0.05, 0.1) is 20.3 Å². The van der Waals surface area contributed by atoms with E-state index < -0.39 is 0 Å². The van der Waals surface area contributed by atoms with Crippen molar-refractivity contribution >= 4 is 53.5 Å². The van der Waals surface area contributed by atoms with Crippen LogP contribution in [0, 0.1) is 0 Å². The third-order valence-electron chi connectivity index (χ3n) is 2.31. The molecule has 2 rings (SSSR count). The Morgan fingerprint density at radius 2 is 1.84 bits per heavy atom. The fraction of sp³-hybridized carbons (Fsp3) is 0.0833. The van der Waals surface area contributed by atoms with Gasteiger partial charge >= 0.3 is 0 Å². The molecule has 1 aromatic heterocycles. The zero-order valence-electron chi connectivity index (χ0n) is 9.66. The van der Waals surface area contributed by atoms with Crippen LogP contribution >= 0.6 is 47.8 Å². The summed E-state index contributed by atoms with van der Waals surface area (Å²) >= 11 is 10.3. The Morgan fingerprint density at radius 3 is 2.47 bits per heavy atom. The number of hydrogen-bond donors (Lipinski definition) is 2. The van der Waals surface area contributed by atoms with Gasteiger partial charge in [-0.1, -0.05) is 15.9 Å². The van der Waals surface area contributed by atoms with Crippen LogP contribution in [0.2, 0.25) is 0 Å². The number of benzene rings is 1. The third-order valence-corrected chi connectivity index (χ3v) is 3.95. The van der Waals surface area contributed by atoms with Crippen molar-refractivity contribution < 1.29 is 4.74 Å². The summed E-state index contributed by atoms with van der Waals surface area (Å²) in [6.45, 7) is 0.356. The molecule has 0 atom stereocenters. The van der Waals surface area contributed by atoms with Gasteiger partial charge in [-0.3, -0.25) is 10.8 Å². The molecular weight excluding hydrogens is 442 g/mol. The highest BCUT2D eigenvalue weighted by atomic mass is 79.9. The first-order valence-electron chi connectivity index (χ1n) is 5.29. The first-order valence-corrected chi connectivity index (χ1v) is 7.67. The van der Waals surface area contributed by atoms with E-state index in [1.807, 2.05) is 18.2 Å². The van der Waals surface area contributed by atoms with Crippen molar-refractivity contribution in [2.24, 2.45) is 5.84 Å². The molecule has 1 aromatic carbocycles. The molecule has 0 fully saturated rings. The van der Waals surface area contributed by atoms with Crippen molar-refractivity contribution in [3.05, 3.63) is 49.6 Å². The second-order valence-electron chi connectivity index (χ2n) is 3.67. The second kappa shape index (κ2) is 6.69. The van der Waals surface area contributed by atoms with Gasteiger partial charge in [0, 0.05) is 10.7 Å². The van der Waals surface area contributed by atoms with Crippen LogP contribution in [0.25, 0.3) is 0 Å². The van der Waals surface area contributed by atoms with E-state index in [4.69, 9.17) is 10.6 Å². The number of nitrogens with zero attached hydrogens (tertiary/aromatic N) is 1. The number of nitrogens with two attached hydrogens (primary N) is 1. The molecule has 0 aliphatic rings. The summed E-state index contributed by atoms with van der Waals surface area (Å²) < 4.78 is 8.45. The second-order valence-corrected chi connectivity index (χ2v) is 6.29. The minimum Gasteiger partial charge on any atom is -0.485 e. The number of rotatable bonds is 4. The number of halogens is 3. The summed E-state index contributed by atoms with van der Waals surface area (Å²) in [5, 5.41) is 0. The molecule has 0 bridgehead atoms. The van der Waals surface area contributed by atoms with Crippen molar-refractivity contribution in [2.75, 3.05) is 5.43 Å². The molecule has 4 nitrogen and oxygen atoms in total. The van der Waals surface area contributed by atoms with Gasteiger partial charge in [0.25, 0.3) is 0 Å². The largest absolute Gasteiger partial charge is 0.485 e. The number of nitrogens with one attached hydrogen (secondary N) is 1. The summed E-state index contributed by atoms with van der Waals surface area (Å²) in [5.41, 5.74) is 4.16. The molecule has 0 amide bonds. The highest BCUT2D eigenvalue weighted by Gasteiger charge is 2.09. The standard InChI is InChI=1S/C12H10Br3N3O/c13-7-3-10(14)12(11(15)4-7)19-6-9-5-8(18-16)1-2-17-9/h1-5H,6,16H2,(H,17,18). The lowest BCUT2D eigenvalue weighted by Crippen LogP contribution is -2.08. The first-order chi connectivity index (χ1) is 9.10. The minimum absolute atomic E-state index is 0.356. The maximum Gasteiger partial charge on any atom is 0.148 e. The molecular formula is C12H10Br3N3O. The maximum absolute atomic E-state index is 5.76. The molecule has 0 radical (unpaired) electrons. The van der Waals surface area contributed by atoms with Crippen LogP contribution in [0.15, 0.2) is 43.9 Å². The van der Waals surface area contributed by atoms with E-state index in [2.05, 4.69) is 58.2 Å². The summed E-state index contributed by atoms with van der Waals surface area (Å²) in [6, 6.07) is 7.46. The fourth-order valence-electron chi connectivity index (χ4n) is 1.46. The number of aromatic nitrogens is 1. The van der Waals surface area contributed by atoms with E-state index >= 15 is 0 Å². The number of pyridine rings is 1. The van der Waals surface area contributed by atoms with Gasteiger partial charge in [0.15, 0.2) is 0 Å². The van der Waals surface area contributed by atoms with Crippen molar-refractivity contribution in [3.63, 3.8) is 0 Å². The van der Waals surface area contributed by atoms with Crippen molar-refractivity contribution in [1.82, 2.24) is 4.98 Å². The number of anilines is 1. The fourth-order valence-corrected chi connectivity index (χ4v) is 3.95. The Balaban J connectivity index is 2.14. The molecule has 7 heteroatoms. The van der Waals surface area contributed by atoms with Gasteiger partial charge in [-0.05, 0) is 56.1 Å². The van der Waals surface area contributed by atoms with Crippen molar-refractivity contribution in [3.8, 4) is 5.75 Å². The lowest BCUT2D eigenvalue weighted by molar-refractivity contribution is 0.297. The quantitative estimate of drug-likeness (QED) is 0.539. The number of ether oxygens (including phenoxy) is 1. The Labute approximate surface area is 136 Å². The number of hydrogen-bond acceptors (Lipinski definition) is 4. The molecule has 0 saturated heterocycles. The molecule has 100 valence electrons. The zero-order chi connectivity index (χ0) is 13.8. The predicted octanol–water partition coefficient (Wildman–Crippen LogP) is 4.23. The van der Waals surface area contributed by atoms with Crippen LogP contribution in [0.5, 0.6) is 5.75 Å². The first kappa shape index (κ1) is 14.8. The van der Waals surface area contributed by atoms with Crippen molar-refractivity contribution in [2.45, 2.75) is 6.61 Å². The van der Waals surface area contributed by atoms with Crippen LogP contribution in [-0.4, -0.2) is 4.98 Å². The average Bonchev–Trinajstić information content (AvgIpc) is 2.37. The van der Waals surface area contributed by atoms with Crippen LogP contribution in [0.1, 0.15) is 5.69 Å². The minimum atomic E-state index is 0.356. The lowest BCUT2D eigenvalue weighted by atomic mass is 10.3. The van der Waals surface area contributed by atoms with Gasteiger partial charge in [0.2, 0.25) is 0 Å². The van der Waals surface area contributed by atoms with Crippen LogP contribution in [0.4, 0.5) is 5.69 Å².